The van der Waals surface area contributed by atoms with Crippen LogP contribution in [0, 0.1) is 40.9 Å². The van der Waals surface area contributed by atoms with E-state index < -0.39 is 5.60 Å². The van der Waals surface area contributed by atoms with E-state index in [0.717, 1.165) is 38.0 Å². The molecule has 0 aliphatic heterocycles. The van der Waals surface area contributed by atoms with Gasteiger partial charge in [0, 0.05) is 6.42 Å². The number of hydrogen-bond acceptors (Lipinski definition) is 3. The Morgan fingerprint density at radius 3 is 2.25 bits per heavy atom. The van der Waals surface area contributed by atoms with Gasteiger partial charge < -0.3 is 9.84 Å². The number of esters is 1. The molecule has 5 saturated carbocycles. The number of aliphatic hydroxyl groups is 1. The number of ether oxygens (including phenoxy) is 1. The molecule has 5 rings (SSSR count). The molecule has 44 heavy (non-hydrogen) atoms. The highest BCUT2D eigenvalue weighted by molar-refractivity contribution is 5.73. The van der Waals surface area contributed by atoms with Crippen LogP contribution in [0.5, 0.6) is 0 Å². The van der Waals surface area contributed by atoms with E-state index in [9.17, 15) is 9.90 Å². The zero-order chi connectivity index (χ0) is 31.3. The molecule has 248 valence electrons. The number of hydrogen-bond donors (Lipinski definition) is 1. The van der Waals surface area contributed by atoms with Crippen molar-refractivity contribution in [1.29, 1.82) is 0 Å². The fraction of sp³-hybridized carbons (Fsp3) is 0.829. The summed E-state index contributed by atoms with van der Waals surface area (Å²) in [5.74, 6) is 3.52. The lowest BCUT2D eigenvalue weighted by Crippen LogP contribution is -2.37. The molecule has 0 unspecified atom stereocenters. The Kier molecular flexibility index (Phi) is 11.6. The van der Waals surface area contributed by atoms with Crippen LogP contribution in [0.25, 0.3) is 0 Å². The summed E-state index contributed by atoms with van der Waals surface area (Å²) in [5, 5.41) is 10.2. The number of fused-ring (bicyclic) bond motifs is 1. The molecule has 0 spiro atoms. The van der Waals surface area contributed by atoms with Gasteiger partial charge in [0.1, 0.15) is 6.10 Å². The molecule has 0 aromatic rings. The highest BCUT2D eigenvalue weighted by Gasteiger charge is 2.50. The molecular weight excluding hydrogens is 540 g/mol. The van der Waals surface area contributed by atoms with Gasteiger partial charge >= 0.3 is 5.97 Å². The lowest BCUT2D eigenvalue weighted by atomic mass is 9.60. The van der Waals surface area contributed by atoms with E-state index in [2.05, 4.69) is 32.6 Å². The minimum absolute atomic E-state index is 0.00422. The molecule has 0 bridgehead atoms. The van der Waals surface area contributed by atoms with Gasteiger partial charge in [-0.3, -0.25) is 4.79 Å². The van der Waals surface area contributed by atoms with Crippen molar-refractivity contribution in [2.45, 2.75) is 174 Å². The second-order valence-corrected chi connectivity index (χ2v) is 16.9. The largest absolute Gasteiger partial charge is 0.462 e. The van der Waals surface area contributed by atoms with Crippen molar-refractivity contribution in [3.8, 4) is 0 Å². The van der Waals surface area contributed by atoms with Crippen LogP contribution in [0.4, 0.5) is 0 Å². The van der Waals surface area contributed by atoms with E-state index in [1.807, 2.05) is 13.8 Å². The molecule has 0 radical (unpaired) electrons. The first-order valence-electron chi connectivity index (χ1n) is 19.1. The van der Waals surface area contributed by atoms with Crippen LogP contribution < -0.4 is 0 Å². The highest BCUT2D eigenvalue weighted by Crippen LogP contribution is 2.60. The zero-order valence-corrected chi connectivity index (χ0v) is 29.0. The molecule has 0 heterocycles. The van der Waals surface area contributed by atoms with E-state index in [1.165, 1.54) is 114 Å². The summed E-state index contributed by atoms with van der Waals surface area (Å²) in [6.07, 6.45) is 30.0. The topological polar surface area (TPSA) is 46.5 Å². The average molecular weight is 607 g/mol. The van der Waals surface area contributed by atoms with Gasteiger partial charge in [-0.2, -0.15) is 0 Å². The fourth-order valence-electron chi connectivity index (χ4n) is 10.8. The maximum absolute atomic E-state index is 13.9. The van der Waals surface area contributed by atoms with Gasteiger partial charge in [-0.15, -0.1) is 0 Å². The number of carbonyl (C=O) groups is 1. The third-order valence-corrected chi connectivity index (χ3v) is 13.2. The van der Waals surface area contributed by atoms with Crippen LogP contribution in [-0.4, -0.2) is 22.8 Å². The first kappa shape index (κ1) is 34.0. The minimum Gasteiger partial charge on any atom is -0.462 e. The van der Waals surface area contributed by atoms with Gasteiger partial charge in [0.25, 0.3) is 0 Å². The SMILES string of the molecule is C=C1CC[C@H](OC(=O)C(C2CCCCC2)C2CCCCC2)CC1=CC=C1CCC[C@@]2(C)[C@@H]1CC[C@@H]2[C@H](C)CCCC(C)(C)O. The Morgan fingerprint density at radius 1 is 0.955 bits per heavy atom. The molecule has 3 heteroatoms. The summed E-state index contributed by atoms with van der Waals surface area (Å²) in [7, 11) is 0. The summed E-state index contributed by atoms with van der Waals surface area (Å²) in [6.45, 7) is 13.4. The number of allylic oxidation sites excluding steroid dienone is 4. The van der Waals surface area contributed by atoms with Crippen molar-refractivity contribution in [2.75, 3.05) is 0 Å². The number of carbonyl (C=O) groups excluding carboxylic acids is 1. The average Bonchev–Trinajstić information content (AvgIpc) is 3.35. The van der Waals surface area contributed by atoms with Gasteiger partial charge in [-0.1, -0.05) is 95.1 Å². The smallest absolute Gasteiger partial charge is 0.309 e. The summed E-state index contributed by atoms with van der Waals surface area (Å²) in [6, 6.07) is 0. The molecule has 1 N–H and O–H groups in total. The number of rotatable bonds is 10. The van der Waals surface area contributed by atoms with Crippen LogP contribution >= 0.6 is 0 Å². The maximum atomic E-state index is 13.9. The van der Waals surface area contributed by atoms with Gasteiger partial charge in [0.2, 0.25) is 0 Å². The van der Waals surface area contributed by atoms with E-state index >= 15 is 0 Å². The van der Waals surface area contributed by atoms with Crippen LogP contribution in [0.2, 0.25) is 0 Å². The van der Waals surface area contributed by atoms with Gasteiger partial charge in [-0.25, -0.2) is 0 Å². The van der Waals surface area contributed by atoms with Crippen molar-refractivity contribution in [2.24, 2.45) is 40.9 Å². The Hall–Kier alpha value is -1.35. The van der Waals surface area contributed by atoms with Crippen LogP contribution in [0.15, 0.2) is 35.5 Å². The quantitative estimate of drug-likeness (QED) is 0.252. The highest BCUT2D eigenvalue weighted by atomic mass is 16.5. The predicted octanol–water partition coefficient (Wildman–Crippen LogP) is 11.1. The van der Waals surface area contributed by atoms with Crippen molar-refractivity contribution < 1.29 is 14.6 Å². The third kappa shape index (κ3) is 8.32. The first-order valence-corrected chi connectivity index (χ1v) is 19.1. The first-order chi connectivity index (χ1) is 21.0. The van der Waals surface area contributed by atoms with Crippen molar-refractivity contribution in [1.82, 2.24) is 0 Å². The lowest BCUT2D eigenvalue weighted by Gasteiger charge is -2.44. The summed E-state index contributed by atoms with van der Waals surface area (Å²) < 4.78 is 6.45. The lowest BCUT2D eigenvalue weighted by molar-refractivity contribution is -0.160. The standard InChI is InChI=1S/C41H66O3/c1-29-20-23-35(44-39(42)38(32-15-8-6-9-16-32)33-17-10-7-11-18-33)28-34(29)22-21-31-19-13-27-41(5)36(24-25-37(31)41)30(2)14-12-26-40(3,4)43/h21-22,30,32-33,35-38,43H,1,6-20,23-28H2,2-5H3/t30-,35+,36-,37-,41-/m1/s1. The van der Waals surface area contributed by atoms with Crippen LogP contribution in [0.1, 0.15) is 163 Å². The summed E-state index contributed by atoms with van der Waals surface area (Å²) in [4.78, 5) is 13.9. The second kappa shape index (κ2) is 15.0. The van der Waals surface area contributed by atoms with Crippen molar-refractivity contribution in [3.05, 3.63) is 35.5 Å². The molecule has 5 aliphatic carbocycles. The Labute approximate surface area is 270 Å². The Balaban J connectivity index is 1.23. The summed E-state index contributed by atoms with van der Waals surface area (Å²) in [5.41, 5.74) is 4.05. The molecule has 5 fully saturated rings. The monoisotopic (exact) mass is 607 g/mol. The molecule has 0 aromatic heterocycles. The van der Waals surface area contributed by atoms with E-state index in [4.69, 9.17) is 4.74 Å². The van der Waals surface area contributed by atoms with E-state index in [-0.39, 0.29) is 18.0 Å². The summed E-state index contributed by atoms with van der Waals surface area (Å²) >= 11 is 0. The van der Waals surface area contributed by atoms with Gasteiger partial charge in [-0.05, 0) is 131 Å². The van der Waals surface area contributed by atoms with E-state index in [0.29, 0.717) is 29.1 Å². The van der Waals surface area contributed by atoms with Crippen molar-refractivity contribution >= 4 is 5.97 Å². The van der Waals surface area contributed by atoms with Crippen LogP contribution in [-0.2, 0) is 9.53 Å². The maximum Gasteiger partial charge on any atom is 0.309 e. The molecule has 5 aliphatic rings. The fourth-order valence-corrected chi connectivity index (χ4v) is 10.8. The predicted molar refractivity (Wildman–Crippen MR) is 183 cm³/mol. The zero-order valence-electron chi connectivity index (χ0n) is 29.0. The second-order valence-electron chi connectivity index (χ2n) is 16.9. The van der Waals surface area contributed by atoms with Crippen molar-refractivity contribution in [3.63, 3.8) is 0 Å². The minimum atomic E-state index is -0.553. The van der Waals surface area contributed by atoms with Crippen LogP contribution in [0.3, 0.4) is 0 Å². The Morgan fingerprint density at radius 2 is 1.61 bits per heavy atom. The molecule has 0 saturated heterocycles. The van der Waals surface area contributed by atoms with E-state index in [1.54, 1.807) is 5.57 Å². The molecule has 0 amide bonds. The van der Waals surface area contributed by atoms with Gasteiger partial charge in [0.05, 0.1) is 11.5 Å². The Bertz CT molecular complexity index is 1010. The normalized spacial score (nSPS) is 33.6. The van der Waals surface area contributed by atoms with Gasteiger partial charge in [0.15, 0.2) is 0 Å². The molecular formula is C41H66O3. The molecule has 0 aromatic carbocycles. The molecule has 5 atom stereocenters. The third-order valence-electron chi connectivity index (χ3n) is 13.2. The molecule has 3 nitrogen and oxygen atoms in total.